The molecule has 0 fully saturated rings. The highest BCUT2D eigenvalue weighted by molar-refractivity contribution is 4.91. The van der Waals surface area contributed by atoms with Crippen molar-refractivity contribution in [2.45, 2.75) is 52.6 Å². The maximum absolute atomic E-state index is 11.7. The van der Waals surface area contributed by atoms with Gasteiger partial charge in [0.25, 0.3) is 5.82 Å². The molecule has 94 valence electrons. The topological polar surface area (TPSA) is 41.6 Å². The van der Waals surface area contributed by atoms with E-state index < -0.39 is 12.0 Å². The molecule has 1 rings (SSSR count). The van der Waals surface area contributed by atoms with E-state index in [4.69, 9.17) is 0 Å². The van der Waals surface area contributed by atoms with Crippen molar-refractivity contribution < 1.29 is 13.2 Å². The fourth-order valence-corrected chi connectivity index (χ4v) is 0.969. The lowest BCUT2D eigenvalue weighted by atomic mass is 10.2. The van der Waals surface area contributed by atoms with E-state index in [0.29, 0.717) is 0 Å². The third-order valence-corrected chi connectivity index (χ3v) is 1.81. The summed E-state index contributed by atoms with van der Waals surface area (Å²) in [5.41, 5.74) is 0. The number of nitrogens with one attached hydrogen (secondary N) is 1. The van der Waals surface area contributed by atoms with Gasteiger partial charge < -0.3 is 0 Å². The van der Waals surface area contributed by atoms with Gasteiger partial charge in [0.05, 0.1) is 0 Å². The van der Waals surface area contributed by atoms with Crippen molar-refractivity contribution in [2.24, 2.45) is 0 Å². The summed E-state index contributed by atoms with van der Waals surface area (Å²) in [6.07, 6.45) is 1.10. The zero-order valence-electron chi connectivity index (χ0n) is 9.86. The Morgan fingerprint density at radius 2 is 1.62 bits per heavy atom. The molecule has 0 atom stereocenters. The highest BCUT2D eigenvalue weighted by Gasteiger charge is 2.35. The van der Waals surface area contributed by atoms with Gasteiger partial charge in [-0.3, -0.25) is 5.10 Å². The van der Waals surface area contributed by atoms with E-state index in [2.05, 4.69) is 29.0 Å². The molecule has 1 aromatic rings. The van der Waals surface area contributed by atoms with Crippen LogP contribution in [0.4, 0.5) is 13.2 Å². The molecule has 0 unspecified atom stereocenters. The van der Waals surface area contributed by atoms with E-state index in [-0.39, 0.29) is 5.82 Å². The Morgan fingerprint density at radius 3 is 1.81 bits per heavy atom. The molecule has 0 aliphatic carbocycles. The molecule has 1 aromatic heterocycles. The molecule has 0 aliphatic rings. The molecule has 3 nitrogen and oxygen atoms in total. The van der Waals surface area contributed by atoms with Crippen molar-refractivity contribution in [3.05, 3.63) is 11.6 Å². The number of hydrogen-bond donors (Lipinski definition) is 1. The molecule has 0 saturated carbocycles. The third-order valence-electron chi connectivity index (χ3n) is 1.81. The molecule has 0 amide bonds. The Hall–Kier alpha value is -1.07. The van der Waals surface area contributed by atoms with Crippen molar-refractivity contribution in [3.8, 4) is 0 Å². The Kier molecular flexibility index (Phi) is 6.76. The summed E-state index contributed by atoms with van der Waals surface area (Å²) < 4.78 is 35.0. The molecule has 6 heteroatoms. The van der Waals surface area contributed by atoms with E-state index in [0.717, 1.165) is 0 Å². The van der Waals surface area contributed by atoms with E-state index in [1.807, 2.05) is 0 Å². The van der Waals surface area contributed by atoms with Gasteiger partial charge in [-0.1, -0.05) is 39.5 Å². The van der Waals surface area contributed by atoms with Gasteiger partial charge in [0.2, 0.25) is 0 Å². The highest BCUT2D eigenvalue weighted by Crippen LogP contribution is 2.25. The maximum Gasteiger partial charge on any atom is 0.453 e. The smallest absolute Gasteiger partial charge is 0.263 e. The van der Waals surface area contributed by atoms with Crippen LogP contribution < -0.4 is 0 Å². The molecule has 0 radical (unpaired) electrons. The predicted molar refractivity (Wildman–Crippen MR) is 55.9 cm³/mol. The second-order valence-electron chi connectivity index (χ2n) is 3.45. The second kappa shape index (κ2) is 7.24. The minimum absolute atomic E-state index is 0.160. The Bertz CT molecular complexity index is 277. The van der Waals surface area contributed by atoms with Crippen LogP contribution in [0.25, 0.3) is 0 Å². The molecule has 0 aromatic carbocycles. The Morgan fingerprint density at radius 1 is 1.12 bits per heavy atom. The summed E-state index contributed by atoms with van der Waals surface area (Å²) in [4.78, 5) is 3.09. The van der Waals surface area contributed by atoms with Crippen molar-refractivity contribution in [1.29, 1.82) is 0 Å². The number of halogens is 3. The molecular formula is C10H18F3N3. The largest absolute Gasteiger partial charge is 0.453 e. The fraction of sp³-hybridized carbons (Fsp3) is 0.800. The Balaban J connectivity index is 0.000000325. The highest BCUT2D eigenvalue weighted by atomic mass is 19.4. The van der Waals surface area contributed by atoms with Crippen LogP contribution in [-0.2, 0) is 6.18 Å². The van der Waals surface area contributed by atoms with Crippen LogP contribution in [0.3, 0.4) is 0 Å². The van der Waals surface area contributed by atoms with Crippen LogP contribution in [0, 0.1) is 6.92 Å². The first kappa shape index (κ1) is 14.9. The Labute approximate surface area is 93.5 Å². The van der Waals surface area contributed by atoms with Crippen LogP contribution >= 0.6 is 0 Å². The summed E-state index contributed by atoms with van der Waals surface area (Å²) in [7, 11) is 0. The standard InChI is InChI=1S/C6H14.C4H4F3N3/c1-3-5-6-4-2;1-2-8-3(10-9-2)4(5,6)7/h3-6H2,1-2H3;1H3,(H,8,9,10). The van der Waals surface area contributed by atoms with Gasteiger partial charge in [0.1, 0.15) is 5.82 Å². The minimum Gasteiger partial charge on any atom is -0.263 e. The normalized spacial score (nSPS) is 10.9. The first-order valence-electron chi connectivity index (χ1n) is 5.38. The van der Waals surface area contributed by atoms with E-state index >= 15 is 0 Å². The lowest BCUT2D eigenvalue weighted by Gasteiger charge is -1.96. The van der Waals surface area contributed by atoms with Crippen LogP contribution in [0.5, 0.6) is 0 Å². The number of unbranched alkanes of at least 4 members (excludes halogenated alkanes) is 3. The number of aromatic amines is 1. The van der Waals surface area contributed by atoms with Crippen LogP contribution in [-0.4, -0.2) is 15.2 Å². The summed E-state index contributed by atoms with van der Waals surface area (Å²) in [5, 5.41) is 5.02. The zero-order chi connectivity index (χ0) is 12.6. The van der Waals surface area contributed by atoms with Crippen LogP contribution in [0.15, 0.2) is 0 Å². The van der Waals surface area contributed by atoms with Gasteiger partial charge in [0, 0.05) is 0 Å². The van der Waals surface area contributed by atoms with Gasteiger partial charge >= 0.3 is 6.18 Å². The molecule has 0 saturated heterocycles. The van der Waals surface area contributed by atoms with E-state index in [1.165, 1.54) is 32.6 Å². The van der Waals surface area contributed by atoms with Crippen molar-refractivity contribution >= 4 is 0 Å². The number of hydrogen-bond acceptors (Lipinski definition) is 2. The van der Waals surface area contributed by atoms with E-state index in [9.17, 15) is 13.2 Å². The number of rotatable bonds is 3. The first-order valence-corrected chi connectivity index (χ1v) is 5.38. The predicted octanol–water partition coefficient (Wildman–Crippen LogP) is 3.72. The molecule has 0 bridgehead atoms. The van der Waals surface area contributed by atoms with Gasteiger partial charge in [-0.25, -0.2) is 4.98 Å². The number of alkyl halides is 3. The quantitative estimate of drug-likeness (QED) is 0.814. The number of H-pyrrole nitrogens is 1. The van der Waals surface area contributed by atoms with Gasteiger partial charge in [-0.15, -0.1) is 5.10 Å². The number of nitrogens with zero attached hydrogens (tertiary/aromatic N) is 2. The van der Waals surface area contributed by atoms with Crippen molar-refractivity contribution in [2.75, 3.05) is 0 Å². The van der Waals surface area contributed by atoms with Crippen molar-refractivity contribution in [1.82, 2.24) is 15.2 Å². The summed E-state index contributed by atoms with van der Waals surface area (Å²) in [6, 6.07) is 0. The molecule has 1 heterocycles. The van der Waals surface area contributed by atoms with Crippen LogP contribution in [0.2, 0.25) is 0 Å². The minimum atomic E-state index is -4.44. The monoisotopic (exact) mass is 237 g/mol. The molecular weight excluding hydrogens is 219 g/mol. The first-order chi connectivity index (χ1) is 7.41. The molecule has 1 N–H and O–H groups in total. The second-order valence-corrected chi connectivity index (χ2v) is 3.45. The summed E-state index contributed by atoms with van der Waals surface area (Å²) in [5.74, 6) is -0.961. The number of aromatic nitrogens is 3. The molecule has 16 heavy (non-hydrogen) atoms. The van der Waals surface area contributed by atoms with Gasteiger partial charge in [0.15, 0.2) is 0 Å². The van der Waals surface area contributed by atoms with E-state index in [1.54, 1.807) is 0 Å². The average Bonchev–Trinajstić information content (AvgIpc) is 2.62. The SMILES string of the molecule is CCCCCC.Cc1nc(C(F)(F)F)n[nH]1. The molecule has 0 aliphatic heterocycles. The lowest BCUT2D eigenvalue weighted by Crippen LogP contribution is -2.07. The average molecular weight is 237 g/mol. The van der Waals surface area contributed by atoms with Crippen molar-refractivity contribution in [3.63, 3.8) is 0 Å². The molecule has 0 spiro atoms. The summed E-state index contributed by atoms with van der Waals surface area (Å²) in [6.45, 7) is 5.87. The third kappa shape index (κ3) is 6.42. The maximum atomic E-state index is 11.7. The van der Waals surface area contributed by atoms with Gasteiger partial charge in [-0.2, -0.15) is 13.2 Å². The fourth-order valence-electron chi connectivity index (χ4n) is 0.969. The zero-order valence-corrected chi connectivity index (χ0v) is 9.86. The van der Waals surface area contributed by atoms with Crippen LogP contribution in [0.1, 0.15) is 51.2 Å². The lowest BCUT2D eigenvalue weighted by molar-refractivity contribution is -0.144. The van der Waals surface area contributed by atoms with Gasteiger partial charge in [-0.05, 0) is 6.92 Å². The summed E-state index contributed by atoms with van der Waals surface area (Å²) >= 11 is 0. The number of aryl methyl sites for hydroxylation is 1.